The van der Waals surface area contributed by atoms with Gasteiger partial charge in [-0.25, -0.2) is 0 Å². The van der Waals surface area contributed by atoms with E-state index in [1.807, 2.05) is 0 Å². The van der Waals surface area contributed by atoms with E-state index in [9.17, 15) is 0 Å². The molecule has 0 radical (unpaired) electrons. The van der Waals surface area contributed by atoms with Crippen molar-refractivity contribution in [1.82, 2.24) is 5.32 Å². The molecule has 0 fully saturated rings. The van der Waals surface area contributed by atoms with E-state index in [0.29, 0.717) is 0 Å². The van der Waals surface area contributed by atoms with Crippen LogP contribution < -0.4 is 11.1 Å². The predicted octanol–water partition coefficient (Wildman–Crippen LogP) is 1.13. The lowest BCUT2D eigenvalue weighted by Gasteiger charge is -2.22. The van der Waals surface area contributed by atoms with Gasteiger partial charge in [0.15, 0.2) is 0 Å². The molecule has 0 atom stereocenters. The summed E-state index contributed by atoms with van der Waals surface area (Å²) in [5.74, 6) is 0.226. The van der Waals surface area contributed by atoms with E-state index >= 15 is 0 Å². The first-order valence-electron chi connectivity index (χ1n) is 4.69. The zero-order valence-electron chi connectivity index (χ0n) is 9.97. The summed E-state index contributed by atoms with van der Waals surface area (Å²) < 4.78 is 0. The van der Waals surface area contributed by atoms with Crippen LogP contribution in [-0.4, -0.2) is 29.8 Å². The Labute approximate surface area is 90.4 Å². The van der Waals surface area contributed by atoms with E-state index in [-0.39, 0.29) is 11.7 Å². The van der Waals surface area contributed by atoms with Crippen molar-refractivity contribution in [3.63, 3.8) is 0 Å². The molecule has 0 unspecified atom stereocenters. The molecule has 0 aromatic rings. The molecular formula is C9H20N6. The summed E-state index contributed by atoms with van der Waals surface area (Å²) in [6.07, 6.45) is 0. The van der Waals surface area contributed by atoms with Crippen LogP contribution in [0, 0.1) is 10.8 Å². The molecule has 86 valence electrons. The number of hydrogen-bond donors (Lipinski definition) is 4. The molecule has 0 bridgehead atoms. The Kier molecular flexibility index (Phi) is 3.95. The van der Waals surface area contributed by atoms with Gasteiger partial charge in [0, 0.05) is 7.05 Å². The second kappa shape index (κ2) is 4.37. The summed E-state index contributed by atoms with van der Waals surface area (Å²) in [5.41, 5.74) is 3.83. The van der Waals surface area contributed by atoms with Crippen LogP contribution in [0.15, 0.2) is 10.2 Å². The second-order valence-electron chi connectivity index (χ2n) is 4.36. The van der Waals surface area contributed by atoms with Crippen LogP contribution in [0.25, 0.3) is 0 Å². The van der Waals surface area contributed by atoms with Crippen molar-refractivity contribution in [3.8, 4) is 0 Å². The average Bonchev–Trinajstić information content (AvgIpc) is 2.13. The molecule has 0 saturated heterocycles. The molecule has 0 spiro atoms. The van der Waals surface area contributed by atoms with Gasteiger partial charge in [-0.15, -0.1) is 0 Å². The second-order valence-corrected chi connectivity index (χ2v) is 4.36. The first-order chi connectivity index (χ1) is 6.63. The quantitative estimate of drug-likeness (QED) is 0.318. The standard InChI is InChI=1S/C9H20N6/c1-8(2,6(10)11)14-15-9(3,4)7(12)13-5/h1-5H3,(H3,10,11)(H2,12,13). The van der Waals surface area contributed by atoms with E-state index in [1.165, 1.54) is 0 Å². The minimum atomic E-state index is -0.814. The fourth-order valence-corrected chi connectivity index (χ4v) is 0.660. The molecule has 0 amide bonds. The molecule has 0 rings (SSSR count). The van der Waals surface area contributed by atoms with Crippen LogP contribution in [0.1, 0.15) is 27.7 Å². The van der Waals surface area contributed by atoms with Crippen molar-refractivity contribution in [2.75, 3.05) is 7.05 Å². The summed E-state index contributed by atoms with van der Waals surface area (Å²) in [5, 5.41) is 25.7. The van der Waals surface area contributed by atoms with Crippen LogP contribution in [0.3, 0.4) is 0 Å². The maximum atomic E-state index is 7.61. The fraction of sp³-hybridized carbons (Fsp3) is 0.778. The van der Waals surface area contributed by atoms with Crippen LogP contribution in [0.5, 0.6) is 0 Å². The third-order valence-electron chi connectivity index (χ3n) is 2.07. The van der Waals surface area contributed by atoms with Crippen LogP contribution in [-0.2, 0) is 0 Å². The van der Waals surface area contributed by atoms with Crippen molar-refractivity contribution in [3.05, 3.63) is 0 Å². The Morgan fingerprint density at radius 3 is 1.80 bits per heavy atom. The normalized spacial score (nSPS) is 12.9. The van der Waals surface area contributed by atoms with E-state index in [1.54, 1.807) is 34.7 Å². The highest BCUT2D eigenvalue weighted by molar-refractivity contribution is 5.88. The topological polar surface area (TPSA) is 110 Å². The molecular weight excluding hydrogens is 192 g/mol. The van der Waals surface area contributed by atoms with Gasteiger partial charge in [-0.3, -0.25) is 10.8 Å². The Hall–Kier alpha value is -1.46. The van der Waals surface area contributed by atoms with Gasteiger partial charge in [0.2, 0.25) is 0 Å². The molecule has 0 aromatic heterocycles. The first-order valence-corrected chi connectivity index (χ1v) is 4.69. The molecule has 0 aliphatic heterocycles. The number of nitrogens with one attached hydrogen (secondary N) is 3. The van der Waals surface area contributed by atoms with Gasteiger partial charge in [0.1, 0.15) is 22.7 Å². The minimum Gasteiger partial charge on any atom is -0.386 e. The van der Waals surface area contributed by atoms with Crippen molar-refractivity contribution in [1.29, 1.82) is 10.8 Å². The van der Waals surface area contributed by atoms with Crippen LogP contribution >= 0.6 is 0 Å². The average molecular weight is 212 g/mol. The van der Waals surface area contributed by atoms with Crippen molar-refractivity contribution in [2.45, 2.75) is 38.8 Å². The molecule has 6 heteroatoms. The number of nitrogens with two attached hydrogens (primary N) is 1. The van der Waals surface area contributed by atoms with E-state index in [2.05, 4.69) is 15.5 Å². The largest absolute Gasteiger partial charge is 0.386 e. The monoisotopic (exact) mass is 212 g/mol. The molecule has 0 aromatic carbocycles. The Morgan fingerprint density at radius 1 is 1.07 bits per heavy atom. The number of azo groups is 1. The summed E-state index contributed by atoms with van der Waals surface area (Å²) in [4.78, 5) is 0. The van der Waals surface area contributed by atoms with Gasteiger partial charge in [0.25, 0.3) is 0 Å². The highest BCUT2D eigenvalue weighted by Gasteiger charge is 2.26. The first kappa shape index (κ1) is 13.5. The minimum absolute atomic E-state index is 0.0435. The molecule has 0 aliphatic rings. The Morgan fingerprint density at radius 2 is 1.47 bits per heavy atom. The van der Waals surface area contributed by atoms with Gasteiger partial charge in [0.05, 0.1) is 0 Å². The molecule has 6 nitrogen and oxygen atoms in total. The van der Waals surface area contributed by atoms with Crippen molar-refractivity contribution < 1.29 is 0 Å². The number of hydrogen-bond acceptors (Lipinski definition) is 4. The highest BCUT2D eigenvalue weighted by atomic mass is 15.2. The molecule has 0 saturated carbocycles. The van der Waals surface area contributed by atoms with Crippen LogP contribution in [0.4, 0.5) is 0 Å². The number of likely N-dealkylation sites (N-methyl/N-ethyl adjacent to an activating group) is 1. The van der Waals surface area contributed by atoms with Gasteiger partial charge in [-0.1, -0.05) is 0 Å². The molecule has 15 heavy (non-hydrogen) atoms. The number of rotatable bonds is 4. The lowest BCUT2D eigenvalue weighted by Crippen LogP contribution is -2.40. The Balaban J connectivity index is 4.80. The summed E-state index contributed by atoms with van der Waals surface area (Å²) in [6.45, 7) is 6.95. The lowest BCUT2D eigenvalue weighted by molar-refractivity contribution is 0.552. The van der Waals surface area contributed by atoms with E-state index in [4.69, 9.17) is 16.6 Å². The van der Waals surface area contributed by atoms with Crippen molar-refractivity contribution >= 4 is 11.7 Å². The number of amidine groups is 2. The maximum absolute atomic E-state index is 7.61. The lowest BCUT2D eigenvalue weighted by atomic mass is 10.0. The van der Waals surface area contributed by atoms with Gasteiger partial charge < -0.3 is 11.1 Å². The number of nitrogens with zero attached hydrogens (tertiary/aromatic N) is 2. The van der Waals surface area contributed by atoms with Crippen molar-refractivity contribution in [2.24, 2.45) is 16.0 Å². The zero-order valence-corrected chi connectivity index (χ0v) is 9.97. The molecule has 5 N–H and O–H groups in total. The smallest absolute Gasteiger partial charge is 0.132 e. The summed E-state index contributed by atoms with van der Waals surface area (Å²) >= 11 is 0. The third-order valence-corrected chi connectivity index (χ3v) is 2.07. The van der Waals surface area contributed by atoms with Gasteiger partial charge in [-0.05, 0) is 27.7 Å². The zero-order chi connectivity index (χ0) is 12.3. The third kappa shape index (κ3) is 3.65. The molecule has 0 heterocycles. The van der Waals surface area contributed by atoms with E-state index < -0.39 is 11.1 Å². The summed E-state index contributed by atoms with van der Waals surface area (Å²) in [7, 11) is 1.66. The Bertz CT molecular complexity index is 289. The molecule has 0 aliphatic carbocycles. The van der Waals surface area contributed by atoms with Gasteiger partial charge >= 0.3 is 0 Å². The van der Waals surface area contributed by atoms with E-state index in [0.717, 1.165) is 0 Å². The summed E-state index contributed by atoms with van der Waals surface area (Å²) in [6, 6.07) is 0. The maximum Gasteiger partial charge on any atom is 0.132 e. The SMILES string of the molecule is CNC(=N)C(C)(C)N=NC(C)(C)C(=N)N. The fourth-order valence-electron chi connectivity index (χ4n) is 0.660. The van der Waals surface area contributed by atoms with Crippen LogP contribution in [0.2, 0.25) is 0 Å². The highest BCUT2D eigenvalue weighted by Crippen LogP contribution is 2.15. The predicted molar refractivity (Wildman–Crippen MR) is 61.7 cm³/mol. The van der Waals surface area contributed by atoms with Gasteiger partial charge in [-0.2, -0.15) is 10.2 Å².